The average Bonchev–Trinajstić information content (AvgIpc) is 2.88. The van der Waals surface area contributed by atoms with Crippen LogP contribution in [0.25, 0.3) is 0 Å². The maximum absolute atomic E-state index is 2.40. The summed E-state index contributed by atoms with van der Waals surface area (Å²) in [6.07, 6.45) is 2.37. The highest BCUT2D eigenvalue weighted by Crippen LogP contribution is 2.53. The lowest BCUT2D eigenvalue weighted by Gasteiger charge is -2.39. The molecule has 4 rings (SSSR count). The largest absolute Gasteiger partial charge is 0.0647 e. The van der Waals surface area contributed by atoms with E-state index in [1.54, 1.807) is 0 Å². The molecule has 32 heavy (non-hydrogen) atoms. The Morgan fingerprint density at radius 2 is 0.625 bits per heavy atom. The minimum absolute atomic E-state index is 0.457. The lowest BCUT2D eigenvalue weighted by Crippen LogP contribution is -2.34. The van der Waals surface area contributed by atoms with Crippen molar-refractivity contribution in [1.82, 2.24) is 0 Å². The molecule has 0 N–H and O–H groups in total. The van der Waals surface area contributed by atoms with Gasteiger partial charge in [0.15, 0.2) is 0 Å². The van der Waals surface area contributed by atoms with Crippen LogP contribution in [0.4, 0.5) is 0 Å². The highest BCUT2D eigenvalue weighted by atomic mass is 31.1. The number of rotatable bonds is 9. The maximum Gasteiger partial charge on any atom is -0.00578 e. The van der Waals surface area contributed by atoms with Crippen molar-refractivity contribution in [3.05, 3.63) is 121 Å². The third kappa shape index (κ3) is 5.20. The van der Waals surface area contributed by atoms with Gasteiger partial charge in [-0.15, -0.1) is 0 Å². The van der Waals surface area contributed by atoms with Gasteiger partial charge in [0.2, 0.25) is 0 Å². The third-order valence-corrected chi connectivity index (χ3v) is 12.5. The van der Waals surface area contributed by atoms with E-state index in [2.05, 4.69) is 135 Å². The zero-order valence-electron chi connectivity index (χ0n) is 19.0. The second-order valence-corrected chi connectivity index (χ2v) is 12.9. The molecule has 4 aromatic rings. The fraction of sp³-hybridized carbons (Fsp3) is 0.200. The first-order valence-electron chi connectivity index (χ1n) is 11.6. The summed E-state index contributed by atoms with van der Waals surface area (Å²) in [5.41, 5.74) is 1.23. The van der Waals surface area contributed by atoms with Crippen LogP contribution in [-0.4, -0.2) is 11.3 Å². The first-order chi connectivity index (χ1) is 15.8. The molecule has 0 saturated heterocycles. The van der Waals surface area contributed by atoms with E-state index in [0.29, 0.717) is 11.3 Å². The Morgan fingerprint density at radius 1 is 0.406 bits per heavy atom. The van der Waals surface area contributed by atoms with E-state index in [0.717, 1.165) is 0 Å². The number of benzene rings is 4. The smallest absolute Gasteiger partial charge is 0.00578 e. The first-order valence-corrected chi connectivity index (χ1v) is 14.4. The second kappa shape index (κ2) is 11.6. The van der Waals surface area contributed by atoms with E-state index in [4.69, 9.17) is 0 Å². The van der Waals surface area contributed by atoms with Crippen molar-refractivity contribution < 1.29 is 0 Å². The molecule has 0 amide bonds. The van der Waals surface area contributed by atoms with Crippen molar-refractivity contribution in [2.75, 3.05) is 0 Å². The van der Waals surface area contributed by atoms with Gasteiger partial charge in [-0.2, -0.15) is 0 Å². The van der Waals surface area contributed by atoms with Gasteiger partial charge in [0.05, 0.1) is 0 Å². The van der Waals surface area contributed by atoms with Crippen LogP contribution in [0.2, 0.25) is 0 Å². The molecule has 0 heterocycles. The molecule has 0 aromatic heterocycles. The van der Waals surface area contributed by atoms with Crippen molar-refractivity contribution in [2.45, 2.75) is 38.0 Å². The SMILES string of the molecule is CCC(C(CC)P(c1ccccc1)c1ccccc1)P(c1ccccc1)c1ccccc1. The molecule has 0 nitrogen and oxygen atoms in total. The normalized spacial score (nSPS) is 13.2. The monoisotopic (exact) mass is 454 g/mol. The summed E-state index contributed by atoms with van der Waals surface area (Å²) in [5, 5.41) is 5.98. The first kappa shape index (κ1) is 22.9. The summed E-state index contributed by atoms with van der Waals surface area (Å²) in [5.74, 6) is 0. The summed E-state index contributed by atoms with van der Waals surface area (Å²) in [4.78, 5) is 0. The lowest BCUT2D eigenvalue weighted by molar-refractivity contribution is 0.726. The van der Waals surface area contributed by atoms with E-state index in [-0.39, 0.29) is 0 Å². The van der Waals surface area contributed by atoms with Gasteiger partial charge in [-0.1, -0.05) is 135 Å². The van der Waals surface area contributed by atoms with Gasteiger partial charge < -0.3 is 0 Å². The molecule has 0 aliphatic heterocycles. The number of hydrogen-bond donors (Lipinski definition) is 0. The van der Waals surface area contributed by atoms with Crippen molar-refractivity contribution in [3.63, 3.8) is 0 Å². The molecule has 0 fully saturated rings. The molecular formula is C30H32P2. The summed E-state index contributed by atoms with van der Waals surface area (Å²) >= 11 is 0. The molecule has 162 valence electrons. The zero-order chi connectivity index (χ0) is 22.2. The molecule has 0 bridgehead atoms. The summed E-state index contributed by atoms with van der Waals surface area (Å²) in [6, 6.07) is 45.0. The molecule has 4 aromatic carbocycles. The van der Waals surface area contributed by atoms with Gasteiger partial charge in [0.1, 0.15) is 0 Å². The van der Waals surface area contributed by atoms with E-state index >= 15 is 0 Å². The average molecular weight is 455 g/mol. The van der Waals surface area contributed by atoms with Crippen molar-refractivity contribution >= 4 is 37.1 Å². The van der Waals surface area contributed by atoms with Crippen LogP contribution in [0.1, 0.15) is 26.7 Å². The fourth-order valence-corrected chi connectivity index (χ4v) is 11.4. The van der Waals surface area contributed by atoms with Crippen molar-refractivity contribution in [1.29, 1.82) is 0 Å². The maximum atomic E-state index is 2.40. The van der Waals surface area contributed by atoms with Crippen LogP contribution >= 0.6 is 15.8 Å². The molecule has 0 spiro atoms. The topological polar surface area (TPSA) is 0 Å². The van der Waals surface area contributed by atoms with Crippen LogP contribution in [0.3, 0.4) is 0 Å². The van der Waals surface area contributed by atoms with Crippen LogP contribution in [0, 0.1) is 0 Å². The summed E-state index contributed by atoms with van der Waals surface area (Å²) in [6.45, 7) is 4.80. The van der Waals surface area contributed by atoms with Crippen molar-refractivity contribution in [2.24, 2.45) is 0 Å². The molecule has 2 atom stereocenters. The van der Waals surface area contributed by atoms with Crippen LogP contribution in [0.15, 0.2) is 121 Å². The molecule has 0 aliphatic rings. The Morgan fingerprint density at radius 3 is 0.812 bits per heavy atom. The Balaban J connectivity index is 1.84. The van der Waals surface area contributed by atoms with Gasteiger partial charge in [0, 0.05) is 0 Å². The van der Waals surface area contributed by atoms with Gasteiger partial charge in [-0.05, 0) is 61.2 Å². The fourth-order valence-electron chi connectivity index (χ4n) is 4.67. The Labute approximate surface area is 196 Å². The van der Waals surface area contributed by atoms with E-state index in [9.17, 15) is 0 Å². The van der Waals surface area contributed by atoms with E-state index < -0.39 is 15.8 Å². The Kier molecular flexibility index (Phi) is 8.28. The van der Waals surface area contributed by atoms with Crippen LogP contribution in [-0.2, 0) is 0 Å². The van der Waals surface area contributed by atoms with Crippen LogP contribution in [0.5, 0.6) is 0 Å². The van der Waals surface area contributed by atoms with Gasteiger partial charge >= 0.3 is 0 Å². The predicted molar refractivity (Wildman–Crippen MR) is 146 cm³/mol. The highest BCUT2D eigenvalue weighted by molar-refractivity contribution is 7.77. The van der Waals surface area contributed by atoms with E-state index in [1.807, 2.05) is 0 Å². The second-order valence-electron chi connectivity index (χ2n) is 8.03. The molecule has 2 heteroatoms. The molecule has 0 aliphatic carbocycles. The van der Waals surface area contributed by atoms with Crippen molar-refractivity contribution in [3.8, 4) is 0 Å². The molecule has 0 saturated carbocycles. The summed E-state index contributed by atoms with van der Waals surface area (Å²) < 4.78 is 0. The minimum atomic E-state index is -0.457. The van der Waals surface area contributed by atoms with Crippen LogP contribution < -0.4 is 21.2 Å². The predicted octanol–water partition coefficient (Wildman–Crippen LogP) is 6.81. The molecule has 2 unspecified atom stereocenters. The zero-order valence-corrected chi connectivity index (χ0v) is 20.8. The standard InChI is InChI=1S/C30H32P2/c1-3-29(31(25-17-9-5-10-18-25)26-19-11-6-12-20-26)30(4-2)32(27-21-13-7-14-22-27)28-23-15-8-16-24-28/h5-24,29-30H,3-4H2,1-2H3. The minimum Gasteiger partial charge on any atom is -0.0647 e. The van der Waals surface area contributed by atoms with E-state index in [1.165, 1.54) is 34.1 Å². The quantitative estimate of drug-likeness (QED) is 0.244. The van der Waals surface area contributed by atoms with Gasteiger partial charge in [0.25, 0.3) is 0 Å². The molecular weight excluding hydrogens is 422 g/mol. The lowest BCUT2D eigenvalue weighted by atomic mass is 10.2. The third-order valence-electron chi connectivity index (χ3n) is 6.08. The number of hydrogen-bond acceptors (Lipinski definition) is 0. The van der Waals surface area contributed by atoms with Gasteiger partial charge in [-0.25, -0.2) is 0 Å². The Hall–Kier alpha value is -2.26. The van der Waals surface area contributed by atoms with Gasteiger partial charge in [-0.3, -0.25) is 0 Å². The molecule has 0 radical (unpaired) electrons. The summed E-state index contributed by atoms with van der Waals surface area (Å²) in [7, 11) is -0.913. The Bertz CT molecular complexity index is 881. The highest BCUT2D eigenvalue weighted by Gasteiger charge is 2.35.